The molecule has 3 rings (SSSR count). The predicted molar refractivity (Wildman–Crippen MR) is 169 cm³/mol. The highest BCUT2D eigenvalue weighted by Crippen LogP contribution is 2.38. The Morgan fingerprint density at radius 1 is 1.32 bits per heavy atom. The molecule has 6 atom stereocenters. The average molecular weight is 574 g/mol. The van der Waals surface area contributed by atoms with Crippen molar-refractivity contribution in [3.05, 3.63) is 46.2 Å². The summed E-state index contributed by atoms with van der Waals surface area (Å²) in [7, 11) is 3.87. The van der Waals surface area contributed by atoms with Gasteiger partial charge < -0.3 is 21.1 Å². The lowest BCUT2D eigenvalue weighted by Gasteiger charge is -2.44. The molecule has 1 saturated heterocycles. The molecule has 234 valence electrons. The van der Waals surface area contributed by atoms with E-state index in [1.807, 2.05) is 19.0 Å². The van der Waals surface area contributed by atoms with Gasteiger partial charge in [-0.1, -0.05) is 37.6 Å². The van der Waals surface area contributed by atoms with E-state index in [0.717, 1.165) is 77.3 Å². The number of hydrogen-bond donors (Lipinski definition) is 3. The normalized spacial score (nSPS) is 25.6. The molecule has 1 aliphatic heterocycles. The van der Waals surface area contributed by atoms with E-state index in [9.17, 15) is 15.2 Å². The number of nitrogens with two attached hydrogens (primary N) is 1. The zero-order valence-corrected chi connectivity index (χ0v) is 26.6. The molecule has 0 aromatic rings. The van der Waals surface area contributed by atoms with Crippen molar-refractivity contribution < 1.29 is 10.0 Å². The predicted octanol–water partition coefficient (Wildman–Crippen LogP) is 5.46. The van der Waals surface area contributed by atoms with E-state index in [1.54, 1.807) is 6.08 Å². The van der Waals surface area contributed by atoms with Gasteiger partial charge in [-0.3, -0.25) is 15.0 Å². The quantitative estimate of drug-likeness (QED) is 0.0973. The summed E-state index contributed by atoms with van der Waals surface area (Å²) in [5, 5.41) is 26.2. The van der Waals surface area contributed by atoms with E-state index in [1.165, 1.54) is 17.7 Å². The molecule has 0 bridgehead atoms. The van der Waals surface area contributed by atoms with Crippen LogP contribution in [0.3, 0.4) is 0 Å². The van der Waals surface area contributed by atoms with Crippen molar-refractivity contribution >= 4 is 0 Å². The summed E-state index contributed by atoms with van der Waals surface area (Å²) in [6.45, 7) is 12.5. The van der Waals surface area contributed by atoms with Crippen molar-refractivity contribution in [3.63, 3.8) is 0 Å². The van der Waals surface area contributed by atoms with E-state index in [4.69, 9.17) is 5.73 Å². The summed E-state index contributed by atoms with van der Waals surface area (Å²) in [5.74, 6) is 1.21. The van der Waals surface area contributed by atoms with Crippen molar-refractivity contribution in [1.82, 2.24) is 15.1 Å². The van der Waals surface area contributed by atoms with Gasteiger partial charge in [0.25, 0.3) is 0 Å². The zero-order chi connectivity index (χ0) is 30.2. The lowest BCUT2D eigenvalue weighted by molar-refractivity contribution is -0.524. The van der Waals surface area contributed by atoms with Gasteiger partial charge in [0.05, 0.1) is 6.04 Å². The molecule has 8 nitrogen and oxygen atoms in total. The van der Waals surface area contributed by atoms with Gasteiger partial charge in [0.1, 0.15) is 6.23 Å². The minimum absolute atomic E-state index is 0.0129. The SMILES string of the molecule is C=C[C@H](N[C@H](CC)CC[C@H](C)C1(N)CCC1)[C@@H](C/C=C(\C)[C@H]1CCC=C(N2CCC([C@H](O)N(C)C)CC2)C1)[N+](=O)[O-]. The molecular formula is C33H59N5O3. The van der Waals surface area contributed by atoms with Gasteiger partial charge >= 0.3 is 0 Å². The van der Waals surface area contributed by atoms with Gasteiger partial charge in [-0.2, -0.15) is 0 Å². The Bertz CT molecular complexity index is 907. The maximum Gasteiger partial charge on any atom is 0.235 e. The fourth-order valence-electron chi connectivity index (χ4n) is 7.11. The lowest BCUT2D eigenvalue weighted by Crippen LogP contribution is -2.52. The smallest absolute Gasteiger partial charge is 0.235 e. The van der Waals surface area contributed by atoms with Gasteiger partial charge in [0.15, 0.2) is 0 Å². The van der Waals surface area contributed by atoms with Crippen LogP contribution >= 0.6 is 0 Å². The monoisotopic (exact) mass is 573 g/mol. The Kier molecular flexibility index (Phi) is 12.9. The van der Waals surface area contributed by atoms with Crippen molar-refractivity contribution in [2.75, 3.05) is 27.2 Å². The van der Waals surface area contributed by atoms with E-state index in [2.05, 4.69) is 49.7 Å². The number of nitro groups is 1. The van der Waals surface area contributed by atoms with Crippen LogP contribution in [-0.2, 0) is 0 Å². The van der Waals surface area contributed by atoms with Gasteiger partial charge in [-0.25, -0.2) is 0 Å². The van der Waals surface area contributed by atoms with Gasteiger partial charge in [-0.05, 0) is 103 Å². The number of nitrogens with zero attached hydrogens (tertiary/aromatic N) is 3. The molecule has 1 saturated carbocycles. The van der Waals surface area contributed by atoms with Gasteiger partial charge in [0.2, 0.25) is 6.04 Å². The van der Waals surface area contributed by atoms with E-state index < -0.39 is 6.04 Å². The highest BCUT2D eigenvalue weighted by molar-refractivity contribution is 5.16. The molecule has 0 unspecified atom stereocenters. The molecule has 0 radical (unpaired) electrons. The van der Waals surface area contributed by atoms with Crippen LogP contribution in [0.1, 0.15) is 97.8 Å². The molecule has 2 aliphatic carbocycles. The Labute approximate surface area is 249 Å². The fourth-order valence-corrected chi connectivity index (χ4v) is 7.11. The number of allylic oxidation sites excluding steroid dienone is 3. The number of aliphatic hydroxyl groups is 1. The lowest BCUT2D eigenvalue weighted by atomic mass is 9.68. The summed E-state index contributed by atoms with van der Waals surface area (Å²) in [5.41, 5.74) is 9.20. The molecule has 0 aromatic carbocycles. The molecule has 41 heavy (non-hydrogen) atoms. The molecular weight excluding hydrogens is 514 g/mol. The average Bonchev–Trinajstić information content (AvgIpc) is 2.96. The topological polar surface area (TPSA) is 108 Å². The first-order valence-electron chi connectivity index (χ1n) is 16.2. The standard InChI is InChI=1S/C33H59N5O3/c1-7-28(15-14-25(4)33(34)19-10-20-33)35-30(8-2)31(38(40)41)16-13-24(3)27-11-9-12-29(23-27)37-21-17-26(18-22-37)32(39)36(5)6/h8,12-13,25-28,30-32,35,39H,2,7,9-11,14-23,34H2,1,3-6H3/b24-13+/t25-,27-,28+,30-,31+,32-/m0/s1. The number of likely N-dealkylation sites (tertiary alicyclic amines) is 1. The second-order valence-corrected chi connectivity index (χ2v) is 13.5. The van der Waals surface area contributed by atoms with Crippen molar-refractivity contribution in [1.29, 1.82) is 0 Å². The van der Waals surface area contributed by atoms with Crippen molar-refractivity contribution in [3.8, 4) is 0 Å². The molecule has 4 N–H and O–H groups in total. The first kappa shape index (κ1) is 33.8. The molecule has 3 aliphatic rings. The molecule has 0 aromatic heterocycles. The minimum atomic E-state index is -0.734. The van der Waals surface area contributed by atoms with Gasteiger partial charge in [0, 0.05) is 47.6 Å². The third-order valence-corrected chi connectivity index (χ3v) is 10.6. The minimum Gasteiger partial charge on any atom is -0.378 e. The highest BCUT2D eigenvalue weighted by atomic mass is 16.6. The van der Waals surface area contributed by atoms with Crippen LogP contribution in [0.4, 0.5) is 0 Å². The Morgan fingerprint density at radius 3 is 2.54 bits per heavy atom. The van der Waals surface area contributed by atoms with Crippen LogP contribution < -0.4 is 11.1 Å². The first-order valence-corrected chi connectivity index (χ1v) is 16.2. The second kappa shape index (κ2) is 15.6. The van der Waals surface area contributed by atoms with Crippen molar-refractivity contribution in [2.45, 2.75) is 128 Å². The number of rotatable bonds is 16. The second-order valence-electron chi connectivity index (χ2n) is 13.5. The summed E-state index contributed by atoms with van der Waals surface area (Å²) >= 11 is 0. The van der Waals surface area contributed by atoms with Crippen LogP contribution in [-0.4, -0.2) is 76.9 Å². The van der Waals surface area contributed by atoms with Crippen LogP contribution in [0.25, 0.3) is 0 Å². The molecule has 2 fully saturated rings. The number of nitrogens with one attached hydrogen (secondary N) is 1. The van der Waals surface area contributed by atoms with Crippen LogP contribution in [0.5, 0.6) is 0 Å². The molecule has 0 spiro atoms. The summed E-state index contributed by atoms with van der Waals surface area (Å²) in [6.07, 6.45) is 17.8. The maximum absolute atomic E-state index is 12.2. The summed E-state index contributed by atoms with van der Waals surface area (Å²) in [4.78, 5) is 16.5. The third-order valence-electron chi connectivity index (χ3n) is 10.6. The Balaban J connectivity index is 1.54. The number of piperidine rings is 1. The molecule has 8 heteroatoms. The van der Waals surface area contributed by atoms with Crippen LogP contribution in [0, 0.1) is 27.9 Å². The third kappa shape index (κ3) is 9.12. The fraction of sp³-hybridized carbons (Fsp3) is 0.818. The Hall–Kier alpha value is -1.74. The van der Waals surface area contributed by atoms with Crippen molar-refractivity contribution in [2.24, 2.45) is 23.5 Å². The Morgan fingerprint density at radius 2 is 2.00 bits per heavy atom. The molecule has 0 amide bonds. The van der Waals surface area contributed by atoms with E-state index in [0.29, 0.717) is 24.2 Å². The number of aliphatic hydroxyl groups excluding tert-OH is 1. The first-order chi connectivity index (χ1) is 19.5. The summed E-state index contributed by atoms with van der Waals surface area (Å²) in [6, 6.07) is -0.890. The largest absolute Gasteiger partial charge is 0.378 e. The highest BCUT2D eigenvalue weighted by Gasteiger charge is 2.38. The zero-order valence-electron chi connectivity index (χ0n) is 26.6. The van der Waals surface area contributed by atoms with Gasteiger partial charge in [-0.15, -0.1) is 6.58 Å². The van der Waals surface area contributed by atoms with Crippen LogP contribution in [0.2, 0.25) is 0 Å². The summed E-state index contributed by atoms with van der Waals surface area (Å²) < 4.78 is 0. The molecule has 1 heterocycles. The maximum atomic E-state index is 12.2. The number of hydrogen-bond acceptors (Lipinski definition) is 7. The van der Waals surface area contributed by atoms with Crippen LogP contribution in [0.15, 0.2) is 36.1 Å². The van der Waals surface area contributed by atoms with E-state index >= 15 is 0 Å². The van der Waals surface area contributed by atoms with E-state index in [-0.39, 0.29) is 28.8 Å².